The molecule has 0 saturated carbocycles. The topological polar surface area (TPSA) is 34.6 Å². The average molecular weight is 316 g/mol. The van der Waals surface area contributed by atoms with Crippen LogP contribution in [0.5, 0.6) is 5.75 Å². The lowest BCUT2D eigenvalue weighted by molar-refractivity contribution is -0.0779. The molecule has 1 saturated heterocycles. The maximum absolute atomic E-state index is 6.32. The molecule has 116 valence electrons. The van der Waals surface area contributed by atoms with Gasteiger partial charge in [-0.05, 0) is 30.9 Å². The minimum atomic E-state index is -0.187. The summed E-state index contributed by atoms with van der Waals surface area (Å²) < 4.78 is 12.0. The molecule has 1 fully saturated rings. The number of nitrogens with zero attached hydrogens (tertiary/aromatic N) is 2. The molecule has 4 rings (SSSR count). The molecule has 1 aromatic carbocycles. The SMILES string of the molecule is COc1cccc2c1C1(CCN(c3nccs3)CC1)OCC2. The van der Waals surface area contributed by atoms with Crippen molar-refractivity contribution in [1.29, 1.82) is 0 Å². The average Bonchev–Trinajstić information content (AvgIpc) is 3.10. The molecule has 0 unspecified atom stereocenters. The van der Waals surface area contributed by atoms with Gasteiger partial charge in [-0.1, -0.05) is 12.1 Å². The fourth-order valence-electron chi connectivity index (χ4n) is 3.73. The first-order valence-corrected chi connectivity index (χ1v) is 8.65. The van der Waals surface area contributed by atoms with Crippen molar-refractivity contribution in [1.82, 2.24) is 4.98 Å². The summed E-state index contributed by atoms with van der Waals surface area (Å²) in [4.78, 5) is 6.79. The van der Waals surface area contributed by atoms with E-state index in [2.05, 4.69) is 28.1 Å². The Balaban J connectivity index is 1.65. The summed E-state index contributed by atoms with van der Waals surface area (Å²) >= 11 is 1.71. The first-order valence-electron chi connectivity index (χ1n) is 7.77. The van der Waals surface area contributed by atoms with Gasteiger partial charge >= 0.3 is 0 Å². The number of aromatic nitrogens is 1. The van der Waals surface area contributed by atoms with Crippen LogP contribution in [0.2, 0.25) is 0 Å². The molecule has 4 nitrogen and oxygen atoms in total. The monoisotopic (exact) mass is 316 g/mol. The second-order valence-corrected chi connectivity index (χ2v) is 6.76. The summed E-state index contributed by atoms with van der Waals surface area (Å²) in [6.07, 6.45) is 4.82. The maximum Gasteiger partial charge on any atom is 0.185 e. The van der Waals surface area contributed by atoms with Crippen molar-refractivity contribution in [3.63, 3.8) is 0 Å². The van der Waals surface area contributed by atoms with Gasteiger partial charge in [0.25, 0.3) is 0 Å². The van der Waals surface area contributed by atoms with Gasteiger partial charge in [-0.2, -0.15) is 0 Å². The van der Waals surface area contributed by atoms with Crippen molar-refractivity contribution in [3.05, 3.63) is 40.9 Å². The second-order valence-electron chi connectivity index (χ2n) is 5.89. The highest BCUT2D eigenvalue weighted by Crippen LogP contribution is 2.46. The quantitative estimate of drug-likeness (QED) is 0.852. The number of thiazole rings is 1. The Hall–Kier alpha value is -1.59. The van der Waals surface area contributed by atoms with Gasteiger partial charge in [-0.25, -0.2) is 4.98 Å². The lowest BCUT2D eigenvalue weighted by Gasteiger charge is -2.45. The smallest absolute Gasteiger partial charge is 0.185 e. The standard InChI is InChI=1S/C17H20N2O2S/c1-20-14-4-2-3-13-5-11-21-17(15(13)14)6-9-19(10-7-17)16-18-8-12-22-16/h2-4,8,12H,5-7,9-11H2,1H3. The predicted octanol–water partition coefficient (Wildman–Crippen LogP) is 3.22. The molecule has 5 heteroatoms. The minimum absolute atomic E-state index is 0.187. The number of hydrogen-bond acceptors (Lipinski definition) is 5. The predicted molar refractivity (Wildman–Crippen MR) is 87.9 cm³/mol. The van der Waals surface area contributed by atoms with Crippen LogP contribution in [-0.4, -0.2) is 31.8 Å². The van der Waals surface area contributed by atoms with Crippen LogP contribution < -0.4 is 9.64 Å². The highest BCUT2D eigenvalue weighted by Gasteiger charge is 2.43. The van der Waals surface area contributed by atoms with Gasteiger partial charge in [0.05, 0.1) is 13.7 Å². The molecular formula is C17H20N2O2S. The van der Waals surface area contributed by atoms with Gasteiger partial charge in [-0.15, -0.1) is 11.3 Å². The van der Waals surface area contributed by atoms with E-state index in [1.54, 1.807) is 18.4 Å². The number of ether oxygens (including phenoxy) is 2. The zero-order valence-corrected chi connectivity index (χ0v) is 13.6. The zero-order valence-electron chi connectivity index (χ0n) is 12.7. The van der Waals surface area contributed by atoms with Gasteiger partial charge in [0.15, 0.2) is 5.13 Å². The van der Waals surface area contributed by atoms with Crippen LogP contribution in [0.15, 0.2) is 29.8 Å². The van der Waals surface area contributed by atoms with Crippen molar-refractivity contribution < 1.29 is 9.47 Å². The molecule has 2 aliphatic heterocycles. The van der Waals surface area contributed by atoms with E-state index in [1.807, 2.05) is 11.6 Å². The Morgan fingerprint density at radius 3 is 2.91 bits per heavy atom. The molecule has 0 bridgehead atoms. The number of methoxy groups -OCH3 is 1. The fraction of sp³-hybridized carbons (Fsp3) is 0.471. The van der Waals surface area contributed by atoms with E-state index in [1.165, 1.54) is 11.1 Å². The van der Waals surface area contributed by atoms with Crippen LogP contribution in [0, 0.1) is 0 Å². The number of benzene rings is 1. The molecule has 1 spiro atoms. The van der Waals surface area contributed by atoms with Gasteiger partial charge in [0, 0.05) is 30.2 Å². The third-order valence-electron chi connectivity index (χ3n) is 4.80. The van der Waals surface area contributed by atoms with E-state index >= 15 is 0 Å². The number of piperidine rings is 1. The Bertz CT molecular complexity index is 634. The van der Waals surface area contributed by atoms with Gasteiger partial charge in [0.1, 0.15) is 11.4 Å². The van der Waals surface area contributed by atoms with Crippen LogP contribution in [0.25, 0.3) is 0 Å². The molecule has 2 aliphatic rings. The molecule has 0 atom stereocenters. The molecule has 22 heavy (non-hydrogen) atoms. The third kappa shape index (κ3) is 2.20. The first-order chi connectivity index (χ1) is 10.8. The molecule has 0 radical (unpaired) electrons. The summed E-state index contributed by atoms with van der Waals surface area (Å²) in [5.41, 5.74) is 2.48. The summed E-state index contributed by atoms with van der Waals surface area (Å²) in [5, 5.41) is 3.15. The van der Waals surface area contributed by atoms with Crippen LogP contribution in [0.4, 0.5) is 5.13 Å². The Kier molecular flexibility index (Phi) is 3.54. The maximum atomic E-state index is 6.32. The largest absolute Gasteiger partial charge is 0.496 e. The first kappa shape index (κ1) is 14.0. The van der Waals surface area contributed by atoms with Crippen LogP contribution >= 0.6 is 11.3 Å². The number of fused-ring (bicyclic) bond motifs is 2. The van der Waals surface area contributed by atoms with Crippen molar-refractivity contribution in [2.24, 2.45) is 0 Å². The Morgan fingerprint density at radius 2 is 2.18 bits per heavy atom. The Morgan fingerprint density at radius 1 is 1.32 bits per heavy atom. The highest BCUT2D eigenvalue weighted by molar-refractivity contribution is 7.13. The second kappa shape index (κ2) is 5.56. The summed E-state index contributed by atoms with van der Waals surface area (Å²) in [5.74, 6) is 0.972. The normalized spacial score (nSPS) is 20.0. The minimum Gasteiger partial charge on any atom is -0.496 e. The summed E-state index contributed by atoms with van der Waals surface area (Å²) in [6.45, 7) is 2.76. The lowest BCUT2D eigenvalue weighted by atomic mass is 9.79. The van der Waals surface area contributed by atoms with Gasteiger partial charge < -0.3 is 14.4 Å². The van der Waals surface area contributed by atoms with E-state index in [4.69, 9.17) is 9.47 Å². The number of rotatable bonds is 2. The molecule has 0 aliphatic carbocycles. The van der Waals surface area contributed by atoms with Crippen LogP contribution in [-0.2, 0) is 16.8 Å². The highest BCUT2D eigenvalue weighted by atomic mass is 32.1. The van der Waals surface area contributed by atoms with Crippen LogP contribution in [0.3, 0.4) is 0 Å². The fourth-order valence-corrected chi connectivity index (χ4v) is 4.42. The molecule has 0 N–H and O–H groups in total. The Labute approximate surface area is 134 Å². The molecule has 2 aromatic rings. The van der Waals surface area contributed by atoms with E-state index in [0.29, 0.717) is 0 Å². The molecule has 3 heterocycles. The molecular weight excluding hydrogens is 296 g/mol. The van der Waals surface area contributed by atoms with E-state index in [9.17, 15) is 0 Å². The number of anilines is 1. The number of hydrogen-bond donors (Lipinski definition) is 0. The van der Waals surface area contributed by atoms with E-state index in [-0.39, 0.29) is 5.60 Å². The molecule has 0 amide bonds. The van der Waals surface area contributed by atoms with E-state index < -0.39 is 0 Å². The van der Waals surface area contributed by atoms with E-state index in [0.717, 1.165) is 49.8 Å². The van der Waals surface area contributed by atoms with Crippen molar-refractivity contribution in [2.45, 2.75) is 24.9 Å². The van der Waals surface area contributed by atoms with Crippen LogP contribution in [0.1, 0.15) is 24.0 Å². The lowest BCUT2D eigenvalue weighted by Crippen LogP contribution is -2.46. The van der Waals surface area contributed by atoms with Crippen molar-refractivity contribution in [3.8, 4) is 5.75 Å². The van der Waals surface area contributed by atoms with Gasteiger partial charge in [0.2, 0.25) is 0 Å². The third-order valence-corrected chi connectivity index (χ3v) is 5.63. The summed E-state index contributed by atoms with van der Waals surface area (Å²) in [6, 6.07) is 6.36. The van der Waals surface area contributed by atoms with Crippen molar-refractivity contribution in [2.75, 3.05) is 31.7 Å². The summed E-state index contributed by atoms with van der Waals surface area (Å²) in [7, 11) is 1.75. The van der Waals surface area contributed by atoms with Gasteiger partial charge in [-0.3, -0.25) is 0 Å². The molecule has 1 aromatic heterocycles. The zero-order chi connectivity index (χ0) is 15.0. The van der Waals surface area contributed by atoms with Crippen molar-refractivity contribution >= 4 is 16.5 Å².